The Hall–Kier alpha value is -1.83. The monoisotopic (exact) mass is 244 g/mol. The van der Waals surface area contributed by atoms with E-state index in [1.807, 2.05) is 4.90 Å². The first-order valence-corrected chi connectivity index (χ1v) is 6.47. The maximum Gasteiger partial charge on any atom is 0.277 e. The molecule has 1 fully saturated rings. The highest BCUT2D eigenvalue weighted by Crippen LogP contribution is 2.31. The van der Waals surface area contributed by atoms with Gasteiger partial charge in [0.05, 0.1) is 6.54 Å². The standard InChI is InChI=1S/C13H16N4O/c1-2-7-16-8-9-17-12(18)11(14-15-13(16)17)10-5-3-4-6-10/h1,10H,3-9H2. The molecular weight excluding hydrogens is 228 g/mol. The fraction of sp³-hybridized carbons (Fsp3) is 0.615. The highest BCUT2D eigenvalue weighted by atomic mass is 16.1. The number of nitrogens with zero attached hydrogens (tertiary/aromatic N) is 4. The average Bonchev–Trinajstić information content (AvgIpc) is 3.00. The molecule has 3 rings (SSSR count). The molecule has 0 N–H and O–H groups in total. The second-order valence-electron chi connectivity index (χ2n) is 4.95. The predicted molar refractivity (Wildman–Crippen MR) is 68.5 cm³/mol. The number of fused-ring (bicyclic) bond motifs is 1. The van der Waals surface area contributed by atoms with Gasteiger partial charge in [-0.15, -0.1) is 16.6 Å². The van der Waals surface area contributed by atoms with Crippen molar-refractivity contribution in [3.63, 3.8) is 0 Å². The number of anilines is 1. The molecule has 0 bridgehead atoms. The predicted octanol–water partition coefficient (Wildman–Crippen LogP) is 0.749. The molecule has 1 aliphatic carbocycles. The highest BCUT2D eigenvalue weighted by Gasteiger charge is 2.27. The summed E-state index contributed by atoms with van der Waals surface area (Å²) in [5, 5.41) is 8.38. The van der Waals surface area contributed by atoms with Crippen molar-refractivity contribution >= 4 is 5.95 Å². The first-order chi connectivity index (χ1) is 8.81. The zero-order valence-electron chi connectivity index (χ0n) is 10.3. The molecule has 5 nitrogen and oxygen atoms in total. The Labute approximate surface area is 106 Å². The number of rotatable bonds is 2. The van der Waals surface area contributed by atoms with Gasteiger partial charge >= 0.3 is 0 Å². The van der Waals surface area contributed by atoms with Gasteiger partial charge in [0.1, 0.15) is 5.69 Å². The molecule has 94 valence electrons. The second-order valence-corrected chi connectivity index (χ2v) is 4.95. The van der Waals surface area contributed by atoms with Crippen LogP contribution in [0.25, 0.3) is 0 Å². The van der Waals surface area contributed by atoms with E-state index in [0.717, 1.165) is 19.4 Å². The average molecular weight is 244 g/mol. The zero-order chi connectivity index (χ0) is 12.5. The van der Waals surface area contributed by atoms with Gasteiger partial charge in [-0.25, -0.2) is 0 Å². The molecule has 18 heavy (non-hydrogen) atoms. The Kier molecular flexibility index (Phi) is 2.78. The number of aromatic nitrogens is 3. The van der Waals surface area contributed by atoms with E-state index < -0.39 is 0 Å². The third-order valence-electron chi connectivity index (χ3n) is 3.85. The highest BCUT2D eigenvalue weighted by molar-refractivity contribution is 5.36. The van der Waals surface area contributed by atoms with Crippen LogP contribution in [0, 0.1) is 12.3 Å². The fourth-order valence-corrected chi connectivity index (χ4v) is 2.90. The van der Waals surface area contributed by atoms with E-state index in [9.17, 15) is 4.79 Å². The van der Waals surface area contributed by atoms with Crippen LogP contribution < -0.4 is 10.5 Å². The summed E-state index contributed by atoms with van der Waals surface area (Å²) >= 11 is 0. The lowest BCUT2D eigenvalue weighted by atomic mass is 10.1. The third-order valence-corrected chi connectivity index (χ3v) is 3.85. The van der Waals surface area contributed by atoms with Crippen molar-refractivity contribution in [1.29, 1.82) is 0 Å². The van der Waals surface area contributed by atoms with E-state index in [1.165, 1.54) is 12.8 Å². The van der Waals surface area contributed by atoms with Crippen LogP contribution in [0.2, 0.25) is 0 Å². The first-order valence-electron chi connectivity index (χ1n) is 6.47. The molecule has 2 aliphatic rings. The van der Waals surface area contributed by atoms with Crippen LogP contribution >= 0.6 is 0 Å². The summed E-state index contributed by atoms with van der Waals surface area (Å²) in [5.74, 6) is 3.52. The van der Waals surface area contributed by atoms with Crippen LogP contribution in [0.1, 0.15) is 37.3 Å². The summed E-state index contributed by atoms with van der Waals surface area (Å²) in [6.45, 7) is 1.91. The van der Waals surface area contributed by atoms with Gasteiger partial charge in [-0.2, -0.15) is 0 Å². The molecular formula is C13H16N4O. The quantitative estimate of drug-likeness (QED) is 0.720. The molecule has 0 saturated heterocycles. The molecule has 0 spiro atoms. The fourth-order valence-electron chi connectivity index (χ4n) is 2.90. The molecule has 0 unspecified atom stereocenters. The van der Waals surface area contributed by atoms with Crippen LogP contribution in [0.3, 0.4) is 0 Å². The van der Waals surface area contributed by atoms with E-state index in [4.69, 9.17) is 6.42 Å². The van der Waals surface area contributed by atoms with E-state index >= 15 is 0 Å². The van der Waals surface area contributed by atoms with E-state index in [2.05, 4.69) is 16.1 Å². The smallest absolute Gasteiger partial charge is 0.277 e. The van der Waals surface area contributed by atoms with E-state index in [-0.39, 0.29) is 5.56 Å². The van der Waals surface area contributed by atoms with E-state index in [0.29, 0.717) is 30.6 Å². The van der Waals surface area contributed by atoms with Gasteiger partial charge in [0.2, 0.25) is 5.95 Å². The van der Waals surface area contributed by atoms with Crippen molar-refractivity contribution in [3.05, 3.63) is 16.0 Å². The summed E-state index contributed by atoms with van der Waals surface area (Å²) in [4.78, 5) is 14.3. The largest absolute Gasteiger partial charge is 0.328 e. The molecule has 1 aromatic heterocycles. The summed E-state index contributed by atoms with van der Waals surface area (Å²) in [6, 6.07) is 0. The van der Waals surface area contributed by atoms with Gasteiger partial charge in [0.25, 0.3) is 5.56 Å². The molecule has 2 heterocycles. The number of hydrogen-bond donors (Lipinski definition) is 0. The SMILES string of the molecule is C#CCN1CCn2c1nnc(C1CCCC1)c2=O. The Balaban J connectivity index is 1.98. The van der Waals surface area contributed by atoms with Gasteiger partial charge < -0.3 is 4.90 Å². The minimum atomic E-state index is 0.0337. The van der Waals surface area contributed by atoms with Gasteiger partial charge in [-0.05, 0) is 12.8 Å². The van der Waals surface area contributed by atoms with Gasteiger partial charge in [0, 0.05) is 19.0 Å². The van der Waals surface area contributed by atoms with Crippen LogP contribution in [-0.2, 0) is 6.54 Å². The molecule has 1 aromatic rings. The van der Waals surface area contributed by atoms with Crippen molar-refractivity contribution in [2.45, 2.75) is 38.1 Å². The van der Waals surface area contributed by atoms with Crippen LogP contribution in [0.4, 0.5) is 5.95 Å². The third kappa shape index (κ3) is 1.69. The Morgan fingerprint density at radius 2 is 2.06 bits per heavy atom. The van der Waals surface area contributed by atoms with Crippen molar-refractivity contribution in [2.75, 3.05) is 18.0 Å². The molecule has 0 atom stereocenters. The Morgan fingerprint density at radius 3 is 2.78 bits per heavy atom. The molecule has 0 radical (unpaired) electrons. The van der Waals surface area contributed by atoms with Crippen molar-refractivity contribution in [2.24, 2.45) is 0 Å². The molecule has 0 amide bonds. The number of hydrogen-bond acceptors (Lipinski definition) is 4. The summed E-state index contributed by atoms with van der Waals surface area (Å²) in [7, 11) is 0. The van der Waals surface area contributed by atoms with Crippen LogP contribution in [0.5, 0.6) is 0 Å². The Morgan fingerprint density at radius 1 is 1.28 bits per heavy atom. The molecule has 5 heteroatoms. The molecule has 1 saturated carbocycles. The number of terminal acetylenes is 1. The molecule has 1 aliphatic heterocycles. The molecule has 0 aromatic carbocycles. The lowest BCUT2D eigenvalue weighted by molar-refractivity contribution is 0.630. The normalized spacial score (nSPS) is 18.9. The van der Waals surface area contributed by atoms with Crippen molar-refractivity contribution in [1.82, 2.24) is 14.8 Å². The van der Waals surface area contributed by atoms with Crippen molar-refractivity contribution < 1.29 is 0 Å². The Bertz CT molecular complexity index is 551. The minimum Gasteiger partial charge on any atom is -0.328 e. The van der Waals surface area contributed by atoms with Crippen LogP contribution in [0.15, 0.2) is 4.79 Å². The summed E-state index contributed by atoms with van der Waals surface area (Å²) in [5.41, 5.74) is 0.685. The lowest BCUT2D eigenvalue weighted by Gasteiger charge is -2.13. The first kappa shape index (κ1) is 11.3. The maximum absolute atomic E-state index is 12.4. The van der Waals surface area contributed by atoms with E-state index in [1.54, 1.807) is 4.57 Å². The second kappa shape index (κ2) is 4.45. The topological polar surface area (TPSA) is 51.0 Å². The van der Waals surface area contributed by atoms with Gasteiger partial charge in [0.15, 0.2) is 0 Å². The maximum atomic E-state index is 12.4. The summed E-state index contributed by atoms with van der Waals surface area (Å²) < 4.78 is 1.72. The van der Waals surface area contributed by atoms with Gasteiger partial charge in [-0.1, -0.05) is 18.8 Å². The van der Waals surface area contributed by atoms with Crippen LogP contribution in [-0.4, -0.2) is 27.9 Å². The van der Waals surface area contributed by atoms with Crippen molar-refractivity contribution in [3.8, 4) is 12.3 Å². The zero-order valence-corrected chi connectivity index (χ0v) is 10.3. The summed E-state index contributed by atoms with van der Waals surface area (Å²) in [6.07, 6.45) is 9.82. The minimum absolute atomic E-state index is 0.0337. The van der Waals surface area contributed by atoms with Gasteiger partial charge in [-0.3, -0.25) is 9.36 Å². The lowest BCUT2D eigenvalue weighted by Crippen LogP contribution is -2.28.